The first-order chi connectivity index (χ1) is 7.26. The molecule has 76 valence electrons. The minimum absolute atomic E-state index is 0.0260. The van der Waals surface area contributed by atoms with Gasteiger partial charge >= 0.3 is 0 Å². The van der Waals surface area contributed by atoms with Gasteiger partial charge in [0.15, 0.2) is 0 Å². The summed E-state index contributed by atoms with van der Waals surface area (Å²) in [4.78, 5) is 12.1. The Labute approximate surface area is 90.8 Å². The average molecular weight is 219 g/mol. The lowest BCUT2D eigenvalue weighted by molar-refractivity contribution is -0.120. The number of carbonyl (C=O) groups is 1. The summed E-state index contributed by atoms with van der Waals surface area (Å²) in [5.41, 5.74) is 1.57. The van der Waals surface area contributed by atoms with Crippen LogP contribution in [0.25, 0.3) is 4.83 Å². The fourth-order valence-corrected chi connectivity index (χ4v) is 2.39. The Bertz CT molecular complexity index is 547. The second-order valence-electron chi connectivity index (χ2n) is 3.09. The number of hydrogen-bond acceptors (Lipinski definition) is 3. The molecule has 0 saturated carbocycles. The Hall–Kier alpha value is -1.80. The predicted molar refractivity (Wildman–Crippen MR) is 57.8 cm³/mol. The van der Waals surface area contributed by atoms with Crippen molar-refractivity contribution >= 4 is 22.1 Å². The summed E-state index contributed by atoms with van der Waals surface area (Å²) in [6.45, 7) is 0. The molecule has 0 aliphatic heterocycles. The summed E-state index contributed by atoms with van der Waals surface area (Å²) >= 11 is 1.48. The molecule has 0 radical (unpaired) electrons. The molecule has 5 heteroatoms. The fourth-order valence-electron chi connectivity index (χ4n) is 1.41. The summed E-state index contributed by atoms with van der Waals surface area (Å²) in [6.07, 6.45) is 2.17. The number of nitrogens with one attached hydrogen (secondary N) is 1. The number of thiazole rings is 1. The van der Waals surface area contributed by atoms with E-state index in [1.807, 2.05) is 16.0 Å². The van der Waals surface area contributed by atoms with Crippen molar-refractivity contribution in [2.24, 2.45) is 0 Å². The third-order valence-corrected chi connectivity index (χ3v) is 3.23. The molecule has 0 spiro atoms. The number of likely N-dealkylation sites (N-methyl/N-ethyl adjacent to an activating group) is 1. The molecule has 0 atom stereocenters. The van der Waals surface area contributed by atoms with Gasteiger partial charge in [-0.1, -0.05) is 0 Å². The lowest BCUT2D eigenvalue weighted by Crippen LogP contribution is -2.20. The van der Waals surface area contributed by atoms with E-state index in [1.165, 1.54) is 11.3 Å². The number of nitrogens with zero attached hydrogens (tertiary/aromatic N) is 2. The lowest BCUT2D eigenvalue weighted by Gasteiger charge is -1.97. The quantitative estimate of drug-likeness (QED) is 0.824. The highest BCUT2D eigenvalue weighted by Gasteiger charge is 2.10. The number of hydrogen-bond donors (Lipinski definition) is 1. The van der Waals surface area contributed by atoms with Crippen molar-refractivity contribution in [2.45, 2.75) is 6.42 Å². The van der Waals surface area contributed by atoms with E-state index in [-0.39, 0.29) is 5.91 Å². The molecule has 2 aromatic heterocycles. The van der Waals surface area contributed by atoms with Crippen LogP contribution in [0.2, 0.25) is 0 Å². The fraction of sp³-hybridized carbons (Fsp3) is 0.200. The lowest BCUT2D eigenvalue weighted by atomic mass is 10.3. The van der Waals surface area contributed by atoms with Crippen molar-refractivity contribution in [1.82, 2.24) is 9.72 Å². The van der Waals surface area contributed by atoms with Crippen molar-refractivity contribution in [3.05, 3.63) is 28.9 Å². The zero-order valence-corrected chi connectivity index (χ0v) is 8.97. The third kappa shape index (κ3) is 1.60. The second kappa shape index (κ2) is 3.75. The number of amides is 1. The third-order valence-electron chi connectivity index (χ3n) is 2.20. The summed E-state index contributed by atoms with van der Waals surface area (Å²) in [6, 6.07) is 3.88. The smallest absolute Gasteiger partial charge is 0.225 e. The van der Waals surface area contributed by atoms with E-state index in [2.05, 4.69) is 11.4 Å². The number of aromatic nitrogens is 1. The normalized spacial score (nSPS) is 10.1. The zero-order chi connectivity index (χ0) is 10.8. The van der Waals surface area contributed by atoms with Crippen LogP contribution in [0.5, 0.6) is 0 Å². The maximum atomic E-state index is 11.2. The Morgan fingerprint density at radius 3 is 3.20 bits per heavy atom. The molecule has 2 rings (SSSR count). The molecule has 4 nitrogen and oxygen atoms in total. The second-order valence-corrected chi connectivity index (χ2v) is 3.95. The molecule has 1 N–H and O–H groups in total. The van der Waals surface area contributed by atoms with Crippen molar-refractivity contribution in [1.29, 1.82) is 5.26 Å². The van der Waals surface area contributed by atoms with Gasteiger partial charge < -0.3 is 9.72 Å². The van der Waals surface area contributed by atoms with Crippen molar-refractivity contribution in [3.63, 3.8) is 0 Å². The van der Waals surface area contributed by atoms with Crippen LogP contribution in [0.4, 0.5) is 0 Å². The van der Waals surface area contributed by atoms with Gasteiger partial charge in [-0.2, -0.15) is 5.26 Å². The molecule has 0 aliphatic rings. The van der Waals surface area contributed by atoms with Gasteiger partial charge in [0.25, 0.3) is 0 Å². The molecule has 2 heterocycles. The molecule has 0 fully saturated rings. The van der Waals surface area contributed by atoms with E-state index in [9.17, 15) is 4.79 Å². The van der Waals surface area contributed by atoms with Crippen molar-refractivity contribution in [3.8, 4) is 6.07 Å². The Morgan fingerprint density at radius 1 is 1.73 bits per heavy atom. The molecular weight excluding hydrogens is 210 g/mol. The minimum atomic E-state index is -0.0260. The van der Waals surface area contributed by atoms with E-state index in [4.69, 9.17) is 5.26 Å². The summed E-state index contributed by atoms with van der Waals surface area (Å²) in [5, 5.41) is 13.3. The molecule has 0 bridgehead atoms. The van der Waals surface area contributed by atoms with Crippen LogP contribution in [0.1, 0.15) is 11.3 Å². The van der Waals surface area contributed by atoms with Gasteiger partial charge in [-0.25, -0.2) is 0 Å². The largest absolute Gasteiger partial charge is 0.359 e. The SMILES string of the molecule is CNC(=O)Cc1csc2c(C#N)ccn12. The Balaban J connectivity index is 2.42. The minimum Gasteiger partial charge on any atom is -0.359 e. The molecule has 15 heavy (non-hydrogen) atoms. The summed E-state index contributed by atoms with van der Waals surface area (Å²) in [5.74, 6) is -0.0260. The van der Waals surface area contributed by atoms with Gasteiger partial charge in [-0.05, 0) is 6.07 Å². The van der Waals surface area contributed by atoms with Crippen LogP contribution in [0.3, 0.4) is 0 Å². The Kier molecular flexibility index (Phi) is 2.44. The molecule has 0 aliphatic carbocycles. The van der Waals surface area contributed by atoms with Crippen LogP contribution < -0.4 is 5.32 Å². The van der Waals surface area contributed by atoms with Crippen LogP contribution in [-0.4, -0.2) is 17.4 Å². The first kappa shape index (κ1) is 9.74. The molecule has 0 unspecified atom stereocenters. The first-order valence-corrected chi connectivity index (χ1v) is 5.32. The first-order valence-electron chi connectivity index (χ1n) is 4.44. The molecule has 0 aromatic carbocycles. The van der Waals surface area contributed by atoms with Crippen LogP contribution in [0, 0.1) is 11.3 Å². The zero-order valence-electron chi connectivity index (χ0n) is 8.15. The number of rotatable bonds is 2. The van der Waals surface area contributed by atoms with E-state index in [0.717, 1.165) is 10.5 Å². The number of carbonyl (C=O) groups excluding carboxylic acids is 1. The van der Waals surface area contributed by atoms with E-state index >= 15 is 0 Å². The number of nitriles is 1. The molecule has 0 saturated heterocycles. The van der Waals surface area contributed by atoms with Gasteiger partial charge in [0.2, 0.25) is 5.91 Å². The van der Waals surface area contributed by atoms with Crippen LogP contribution in [0.15, 0.2) is 17.6 Å². The van der Waals surface area contributed by atoms with Gasteiger partial charge in [0, 0.05) is 24.3 Å². The highest BCUT2D eigenvalue weighted by atomic mass is 32.1. The molecular formula is C10H9N3OS. The van der Waals surface area contributed by atoms with Crippen molar-refractivity contribution < 1.29 is 4.79 Å². The van der Waals surface area contributed by atoms with Crippen LogP contribution >= 0.6 is 11.3 Å². The highest BCUT2D eigenvalue weighted by Crippen LogP contribution is 2.21. The van der Waals surface area contributed by atoms with Crippen molar-refractivity contribution in [2.75, 3.05) is 7.05 Å². The Morgan fingerprint density at radius 2 is 2.53 bits per heavy atom. The standard InChI is InChI=1S/C10H9N3OS/c1-12-9(14)4-8-6-15-10-7(5-11)2-3-13(8)10/h2-3,6H,4H2,1H3,(H,12,14). The van der Waals surface area contributed by atoms with Crippen LogP contribution in [-0.2, 0) is 11.2 Å². The summed E-state index contributed by atoms with van der Waals surface area (Å²) < 4.78 is 1.89. The average Bonchev–Trinajstić information content (AvgIpc) is 2.80. The van der Waals surface area contributed by atoms with Gasteiger partial charge in [0.1, 0.15) is 10.9 Å². The monoisotopic (exact) mass is 219 g/mol. The van der Waals surface area contributed by atoms with Gasteiger partial charge in [0.05, 0.1) is 12.0 Å². The van der Waals surface area contributed by atoms with E-state index in [1.54, 1.807) is 13.1 Å². The molecule has 1 amide bonds. The molecule has 2 aromatic rings. The maximum absolute atomic E-state index is 11.2. The topological polar surface area (TPSA) is 57.3 Å². The highest BCUT2D eigenvalue weighted by molar-refractivity contribution is 7.16. The number of fused-ring (bicyclic) bond motifs is 1. The van der Waals surface area contributed by atoms with E-state index in [0.29, 0.717) is 12.0 Å². The summed E-state index contributed by atoms with van der Waals surface area (Å²) in [7, 11) is 1.61. The predicted octanol–water partition coefficient (Wildman–Crippen LogP) is 1.16. The van der Waals surface area contributed by atoms with E-state index < -0.39 is 0 Å². The maximum Gasteiger partial charge on any atom is 0.225 e. The van der Waals surface area contributed by atoms with Gasteiger partial charge in [-0.15, -0.1) is 11.3 Å². The van der Waals surface area contributed by atoms with Gasteiger partial charge in [-0.3, -0.25) is 4.79 Å².